The van der Waals surface area contributed by atoms with Crippen molar-refractivity contribution in [2.24, 2.45) is 0 Å². The van der Waals surface area contributed by atoms with E-state index in [0.29, 0.717) is 0 Å². The Morgan fingerprint density at radius 3 is 2.14 bits per heavy atom. The fraction of sp³-hybridized carbons (Fsp3) is 0.385. The van der Waals surface area contributed by atoms with Gasteiger partial charge in [0.25, 0.3) is 0 Å². The van der Waals surface area contributed by atoms with Crippen LogP contribution in [0.4, 0.5) is 0 Å². The van der Waals surface area contributed by atoms with Gasteiger partial charge >= 0.3 is 0 Å². The second-order valence-corrected chi connectivity index (χ2v) is 4.33. The average molecular weight is 185 g/mol. The molecule has 72 valence electrons. The molecule has 0 saturated carbocycles. The number of hydrogen-bond donors (Lipinski definition) is 0. The monoisotopic (exact) mass is 185 g/mol. The maximum Gasteiger partial charge on any atom is 0.0771 e. The number of hydrogen-bond acceptors (Lipinski definition) is 1. The molecule has 1 aromatic rings. The molecule has 0 amide bonds. The SMILES string of the molecule is C#CC(C)(C)N1Cc2ccccc2C1. The summed E-state index contributed by atoms with van der Waals surface area (Å²) in [4.78, 5) is 2.33. The molecule has 0 saturated heterocycles. The highest BCUT2D eigenvalue weighted by molar-refractivity contribution is 5.31. The summed E-state index contributed by atoms with van der Waals surface area (Å²) in [6.07, 6.45) is 5.53. The van der Waals surface area contributed by atoms with E-state index < -0.39 is 0 Å². The van der Waals surface area contributed by atoms with Crippen LogP contribution in [0.3, 0.4) is 0 Å². The predicted octanol–water partition coefficient (Wildman–Crippen LogP) is 2.41. The number of terminal acetylenes is 1. The van der Waals surface area contributed by atoms with E-state index in [0.717, 1.165) is 13.1 Å². The van der Waals surface area contributed by atoms with Crippen molar-refractivity contribution in [3.8, 4) is 12.3 Å². The van der Waals surface area contributed by atoms with Crippen LogP contribution in [0.5, 0.6) is 0 Å². The summed E-state index contributed by atoms with van der Waals surface area (Å²) in [5.74, 6) is 2.84. The second-order valence-electron chi connectivity index (χ2n) is 4.33. The summed E-state index contributed by atoms with van der Waals surface area (Å²) < 4.78 is 0. The van der Waals surface area contributed by atoms with Crippen LogP contribution < -0.4 is 0 Å². The van der Waals surface area contributed by atoms with Crippen molar-refractivity contribution >= 4 is 0 Å². The van der Waals surface area contributed by atoms with E-state index in [9.17, 15) is 0 Å². The first-order valence-corrected chi connectivity index (χ1v) is 4.93. The number of benzene rings is 1. The molecule has 1 nitrogen and oxygen atoms in total. The van der Waals surface area contributed by atoms with Crippen molar-refractivity contribution in [1.82, 2.24) is 4.90 Å². The highest BCUT2D eigenvalue weighted by atomic mass is 15.2. The Bertz CT molecular complexity index is 359. The molecule has 1 heteroatoms. The molecule has 0 fully saturated rings. The summed E-state index contributed by atoms with van der Waals surface area (Å²) >= 11 is 0. The molecule has 0 N–H and O–H groups in total. The Kier molecular flexibility index (Phi) is 2.09. The number of nitrogens with zero attached hydrogens (tertiary/aromatic N) is 1. The van der Waals surface area contributed by atoms with Gasteiger partial charge in [0.05, 0.1) is 5.54 Å². The Hall–Kier alpha value is -1.26. The van der Waals surface area contributed by atoms with E-state index in [1.54, 1.807) is 0 Å². The lowest BCUT2D eigenvalue weighted by atomic mass is 10.1. The molecule has 1 aliphatic rings. The predicted molar refractivity (Wildman–Crippen MR) is 58.6 cm³/mol. The Labute approximate surface area is 85.7 Å². The van der Waals surface area contributed by atoms with Gasteiger partial charge in [-0.25, -0.2) is 0 Å². The molecule has 14 heavy (non-hydrogen) atoms. The minimum atomic E-state index is -0.140. The number of fused-ring (bicyclic) bond motifs is 1. The molecule has 0 atom stereocenters. The molecule has 1 heterocycles. The third kappa shape index (κ3) is 1.42. The summed E-state index contributed by atoms with van der Waals surface area (Å²) in [5, 5.41) is 0. The minimum Gasteiger partial charge on any atom is -0.279 e. The molecule has 2 rings (SSSR count). The van der Waals surface area contributed by atoms with Gasteiger partial charge in [-0.2, -0.15) is 0 Å². The van der Waals surface area contributed by atoms with E-state index in [1.165, 1.54) is 11.1 Å². The zero-order valence-electron chi connectivity index (χ0n) is 8.75. The minimum absolute atomic E-state index is 0.140. The molecular weight excluding hydrogens is 170 g/mol. The first kappa shape index (κ1) is 9.30. The first-order chi connectivity index (χ1) is 6.63. The molecule has 0 aromatic heterocycles. The van der Waals surface area contributed by atoms with E-state index in [2.05, 4.69) is 48.9 Å². The summed E-state index contributed by atoms with van der Waals surface area (Å²) in [7, 11) is 0. The highest BCUT2D eigenvalue weighted by Gasteiger charge is 2.29. The third-order valence-electron chi connectivity index (χ3n) is 2.98. The first-order valence-electron chi connectivity index (χ1n) is 4.93. The Balaban J connectivity index is 2.25. The van der Waals surface area contributed by atoms with Crippen molar-refractivity contribution < 1.29 is 0 Å². The Morgan fingerprint density at radius 1 is 1.21 bits per heavy atom. The lowest BCUT2D eigenvalue weighted by Crippen LogP contribution is -2.38. The lowest BCUT2D eigenvalue weighted by molar-refractivity contribution is 0.171. The van der Waals surface area contributed by atoms with Crippen molar-refractivity contribution in [2.75, 3.05) is 0 Å². The van der Waals surface area contributed by atoms with Crippen LogP contribution in [0.1, 0.15) is 25.0 Å². The zero-order chi connectivity index (χ0) is 10.2. The quantitative estimate of drug-likeness (QED) is 0.607. The topological polar surface area (TPSA) is 3.24 Å². The maximum absolute atomic E-state index is 5.53. The van der Waals surface area contributed by atoms with Gasteiger partial charge in [-0.05, 0) is 25.0 Å². The van der Waals surface area contributed by atoms with Gasteiger partial charge in [-0.3, -0.25) is 4.90 Å². The largest absolute Gasteiger partial charge is 0.279 e. The van der Waals surface area contributed by atoms with Crippen LogP contribution in [0.15, 0.2) is 24.3 Å². The third-order valence-corrected chi connectivity index (χ3v) is 2.98. The molecule has 0 spiro atoms. The van der Waals surface area contributed by atoms with Gasteiger partial charge in [0, 0.05) is 13.1 Å². The molecule has 1 aliphatic heterocycles. The van der Waals surface area contributed by atoms with E-state index in [4.69, 9.17) is 6.42 Å². The van der Waals surface area contributed by atoms with Crippen LogP contribution in [0.25, 0.3) is 0 Å². The van der Waals surface area contributed by atoms with Crippen LogP contribution in [0, 0.1) is 12.3 Å². The maximum atomic E-state index is 5.53. The molecule has 0 aliphatic carbocycles. The van der Waals surface area contributed by atoms with Crippen molar-refractivity contribution in [3.05, 3.63) is 35.4 Å². The molecule has 0 bridgehead atoms. The van der Waals surface area contributed by atoms with Gasteiger partial charge in [0.15, 0.2) is 0 Å². The van der Waals surface area contributed by atoms with E-state index >= 15 is 0 Å². The van der Waals surface area contributed by atoms with Crippen molar-refractivity contribution in [1.29, 1.82) is 0 Å². The van der Waals surface area contributed by atoms with Crippen molar-refractivity contribution in [2.45, 2.75) is 32.5 Å². The van der Waals surface area contributed by atoms with Gasteiger partial charge in [-0.15, -0.1) is 6.42 Å². The highest BCUT2D eigenvalue weighted by Crippen LogP contribution is 2.28. The molecule has 0 unspecified atom stereocenters. The summed E-state index contributed by atoms with van der Waals surface area (Å²) in [5.41, 5.74) is 2.69. The normalized spacial score (nSPS) is 16.4. The fourth-order valence-corrected chi connectivity index (χ4v) is 1.82. The summed E-state index contributed by atoms with van der Waals surface area (Å²) in [6.45, 7) is 6.15. The Morgan fingerprint density at radius 2 is 1.71 bits per heavy atom. The van der Waals surface area contributed by atoms with Crippen molar-refractivity contribution in [3.63, 3.8) is 0 Å². The smallest absolute Gasteiger partial charge is 0.0771 e. The van der Waals surface area contributed by atoms with Gasteiger partial charge in [-0.1, -0.05) is 30.2 Å². The van der Waals surface area contributed by atoms with Gasteiger partial charge in [0.2, 0.25) is 0 Å². The second kappa shape index (κ2) is 3.15. The lowest BCUT2D eigenvalue weighted by Gasteiger charge is -2.30. The standard InChI is InChI=1S/C13H15N/c1-4-13(2,3)14-9-11-7-5-6-8-12(11)10-14/h1,5-8H,9-10H2,2-3H3. The van der Waals surface area contributed by atoms with Crippen LogP contribution in [-0.4, -0.2) is 10.4 Å². The van der Waals surface area contributed by atoms with Crippen LogP contribution in [-0.2, 0) is 13.1 Å². The van der Waals surface area contributed by atoms with E-state index in [1.807, 2.05) is 0 Å². The molecular formula is C13H15N. The number of rotatable bonds is 1. The van der Waals surface area contributed by atoms with Crippen LogP contribution >= 0.6 is 0 Å². The fourth-order valence-electron chi connectivity index (χ4n) is 1.82. The van der Waals surface area contributed by atoms with Gasteiger partial charge < -0.3 is 0 Å². The zero-order valence-corrected chi connectivity index (χ0v) is 8.75. The van der Waals surface area contributed by atoms with Gasteiger partial charge in [0.1, 0.15) is 0 Å². The van der Waals surface area contributed by atoms with E-state index in [-0.39, 0.29) is 5.54 Å². The van der Waals surface area contributed by atoms with Crippen LogP contribution in [0.2, 0.25) is 0 Å². The molecule has 0 radical (unpaired) electrons. The molecule has 1 aromatic carbocycles. The summed E-state index contributed by atoms with van der Waals surface area (Å²) in [6, 6.07) is 8.54. The average Bonchev–Trinajstić information content (AvgIpc) is 2.61.